The molecular weight excluding hydrogens is 276 g/mol. The predicted molar refractivity (Wildman–Crippen MR) is 84.7 cm³/mol. The Bertz CT molecular complexity index is 454. The molecule has 0 aromatic rings. The average molecular weight is 302 g/mol. The van der Waals surface area contributed by atoms with Crippen LogP contribution >= 0.6 is 0 Å². The van der Waals surface area contributed by atoms with Gasteiger partial charge in [-0.2, -0.15) is 0 Å². The van der Waals surface area contributed by atoms with Gasteiger partial charge in [-0.1, -0.05) is 18.8 Å². The van der Waals surface area contributed by atoms with Gasteiger partial charge < -0.3 is 5.32 Å². The van der Waals surface area contributed by atoms with E-state index in [1.807, 2.05) is 0 Å². The van der Waals surface area contributed by atoms with Crippen LogP contribution in [0.25, 0.3) is 0 Å². The van der Waals surface area contributed by atoms with Crippen molar-refractivity contribution in [1.29, 1.82) is 0 Å². The Kier molecular flexibility index (Phi) is 4.83. The zero-order chi connectivity index (χ0) is 15.5. The Hall–Kier alpha value is -1.34. The van der Waals surface area contributed by atoms with Crippen LogP contribution in [0.2, 0.25) is 0 Å². The predicted octanol–water partition coefficient (Wildman–Crippen LogP) is 1.80. The third kappa shape index (κ3) is 2.79. The Balaban J connectivity index is 1.38. The van der Waals surface area contributed by atoms with Crippen molar-refractivity contribution in [3.8, 4) is 12.3 Å². The number of nitrogens with zero attached hydrogens (tertiary/aromatic N) is 1. The molecule has 0 aromatic carbocycles. The van der Waals surface area contributed by atoms with Gasteiger partial charge in [-0.15, -0.1) is 6.42 Å². The molecule has 2 amide bonds. The molecule has 2 bridgehead atoms. The first-order valence-electron chi connectivity index (χ1n) is 8.73. The van der Waals surface area contributed by atoms with Gasteiger partial charge in [-0.25, -0.2) is 0 Å². The van der Waals surface area contributed by atoms with Crippen molar-refractivity contribution in [2.75, 3.05) is 19.6 Å². The number of carbonyl (C=O) groups excluding carboxylic acids is 2. The van der Waals surface area contributed by atoms with Gasteiger partial charge in [0.25, 0.3) is 0 Å². The van der Waals surface area contributed by atoms with E-state index in [1.54, 1.807) is 4.90 Å². The van der Waals surface area contributed by atoms with E-state index in [9.17, 15) is 9.59 Å². The van der Waals surface area contributed by atoms with Crippen LogP contribution in [0.3, 0.4) is 0 Å². The summed E-state index contributed by atoms with van der Waals surface area (Å²) in [6.45, 7) is 2.20. The number of hydrogen-bond donors (Lipinski definition) is 1. The summed E-state index contributed by atoms with van der Waals surface area (Å²) in [5.41, 5.74) is 0. The molecule has 0 spiro atoms. The van der Waals surface area contributed by atoms with Crippen molar-refractivity contribution in [3.05, 3.63) is 0 Å². The molecule has 22 heavy (non-hydrogen) atoms. The number of unbranched alkanes of at least 4 members (excludes halogenated alkanes) is 3. The lowest BCUT2D eigenvalue weighted by Gasteiger charge is -2.19. The van der Waals surface area contributed by atoms with E-state index in [0.717, 1.165) is 51.5 Å². The lowest BCUT2D eigenvalue weighted by Crippen LogP contribution is -2.33. The smallest absolute Gasteiger partial charge is 0.233 e. The van der Waals surface area contributed by atoms with Crippen LogP contribution in [0.5, 0.6) is 0 Å². The second kappa shape index (κ2) is 6.83. The highest BCUT2D eigenvalue weighted by atomic mass is 16.2. The summed E-state index contributed by atoms with van der Waals surface area (Å²) in [7, 11) is 0. The van der Waals surface area contributed by atoms with Crippen LogP contribution in [0.4, 0.5) is 0 Å². The van der Waals surface area contributed by atoms with Crippen molar-refractivity contribution in [2.45, 2.75) is 44.9 Å². The van der Waals surface area contributed by atoms with Crippen LogP contribution in [0, 0.1) is 36.0 Å². The number of terminal acetylenes is 1. The van der Waals surface area contributed by atoms with Gasteiger partial charge >= 0.3 is 0 Å². The van der Waals surface area contributed by atoms with Gasteiger partial charge in [0.1, 0.15) is 0 Å². The zero-order valence-corrected chi connectivity index (χ0v) is 13.2. The molecule has 120 valence electrons. The van der Waals surface area contributed by atoms with E-state index in [-0.39, 0.29) is 23.7 Å². The van der Waals surface area contributed by atoms with Crippen LogP contribution < -0.4 is 5.32 Å². The van der Waals surface area contributed by atoms with Crippen LogP contribution in [-0.4, -0.2) is 36.3 Å². The third-order valence-electron chi connectivity index (χ3n) is 5.73. The molecular formula is C18H26N2O2. The number of nitrogens with one attached hydrogen (secondary N) is 1. The number of likely N-dealkylation sites (tertiary alicyclic amines) is 1. The van der Waals surface area contributed by atoms with Gasteiger partial charge in [-0.3, -0.25) is 14.5 Å². The van der Waals surface area contributed by atoms with Gasteiger partial charge in [0.15, 0.2) is 0 Å². The molecule has 4 atom stereocenters. The minimum absolute atomic E-state index is 0.0409. The molecule has 2 unspecified atom stereocenters. The average Bonchev–Trinajstić information content (AvgIpc) is 3.18. The normalized spacial score (nSPS) is 32.6. The Labute approximate surface area is 133 Å². The second-order valence-electron chi connectivity index (χ2n) is 7.01. The molecule has 1 aliphatic heterocycles. The van der Waals surface area contributed by atoms with E-state index in [0.29, 0.717) is 24.9 Å². The summed E-state index contributed by atoms with van der Waals surface area (Å²) in [5, 5.41) is 3.17. The van der Waals surface area contributed by atoms with E-state index in [1.165, 1.54) is 0 Å². The van der Waals surface area contributed by atoms with Crippen molar-refractivity contribution in [1.82, 2.24) is 10.2 Å². The first-order valence-corrected chi connectivity index (χ1v) is 8.73. The van der Waals surface area contributed by atoms with E-state index < -0.39 is 0 Å². The minimum atomic E-state index is 0.0409. The second-order valence-corrected chi connectivity index (χ2v) is 7.01. The summed E-state index contributed by atoms with van der Waals surface area (Å²) in [4.78, 5) is 26.6. The molecule has 0 aromatic heterocycles. The van der Waals surface area contributed by atoms with E-state index in [2.05, 4.69) is 11.2 Å². The first-order chi connectivity index (χ1) is 10.7. The highest BCUT2D eigenvalue weighted by Crippen LogP contribution is 2.56. The number of rotatable bonds is 8. The number of carbonyl (C=O) groups is 2. The van der Waals surface area contributed by atoms with Gasteiger partial charge in [0.05, 0.1) is 18.4 Å². The van der Waals surface area contributed by atoms with Crippen LogP contribution in [-0.2, 0) is 9.59 Å². The fourth-order valence-corrected chi connectivity index (χ4v) is 4.72. The van der Waals surface area contributed by atoms with E-state index in [4.69, 9.17) is 6.42 Å². The largest absolute Gasteiger partial charge is 0.306 e. The monoisotopic (exact) mass is 302 g/mol. The fourth-order valence-electron chi connectivity index (χ4n) is 4.72. The Morgan fingerprint density at radius 2 is 1.68 bits per heavy atom. The van der Waals surface area contributed by atoms with Crippen molar-refractivity contribution in [2.24, 2.45) is 23.7 Å². The van der Waals surface area contributed by atoms with Crippen molar-refractivity contribution >= 4 is 11.8 Å². The quantitative estimate of drug-likeness (QED) is 0.422. The molecule has 2 aliphatic carbocycles. The third-order valence-corrected chi connectivity index (χ3v) is 5.73. The summed E-state index contributed by atoms with van der Waals surface area (Å²) >= 11 is 0. The number of imide groups is 1. The summed E-state index contributed by atoms with van der Waals surface area (Å²) in [5.74, 6) is 3.91. The zero-order valence-electron chi connectivity index (χ0n) is 13.2. The highest BCUT2D eigenvalue weighted by Gasteiger charge is 2.60. The Morgan fingerprint density at radius 1 is 1.05 bits per heavy atom. The van der Waals surface area contributed by atoms with Gasteiger partial charge in [-0.05, 0) is 50.5 Å². The topological polar surface area (TPSA) is 49.4 Å². The van der Waals surface area contributed by atoms with Crippen molar-refractivity contribution in [3.63, 3.8) is 0 Å². The minimum Gasteiger partial charge on any atom is -0.306 e. The highest BCUT2D eigenvalue weighted by molar-refractivity contribution is 6.06. The Morgan fingerprint density at radius 3 is 2.32 bits per heavy atom. The molecule has 3 aliphatic rings. The lowest BCUT2D eigenvalue weighted by molar-refractivity contribution is -0.140. The molecule has 2 saturated carbocycles. The van der Waals surface area contributed by atoms with E-state index >= 15 is 0 Å². The van der Waals surface area contributed by atoms with Crippen LogP contribution in [0.15, 0.2) is 0 Å². The van der Waals surface area contributed by atoms with Crippen molar-refractivity contribution < 1.29 is 9.59 Å². The SMILES string of the molecule is C#CCNCCCCCCN1C(=O)[C@@H]2C3CCC(C3)[C@@H]2C1=O. The maximum Gasteiger partial charge on any atom is 0.233 e. The van der Waals surface area contributed by atoms with Crippen LogP contribution in [0.1, 0.15) is 44.9 Å². The molecule has 0 radical (unpaired) electrons. The summed E-state index contributed by atoms with van der Waals surface area (Å²) in [6, 6.07) is 0. The lowest BCUT2D eigenvalue weighted by atomic mass is 9.81. The molecule has 3 rings (SSSR count). The molecule has 1 saturated heterocycles. The number of hydrogen-bond acceptors (Lipinski definition) is 3. The molecule has 1 heterocycles. The maximum absolute atomic E-state index is 12.5. The molecule has 4 heteroatoms. The standard InChI is InChI=1S/C18H26N2O2/c1-2-9-19-10-5-3-4-6-11-20-17(21)15-13-7-8-14(12-13)16(15)18(20)22/h1,13-16,19H,3-12H2/t13?,14?,15-,16+. The van der Waals surface area contributed by atoms with Gasteiger partial charge in [0.2, 0.25) is 11.8 Å². The molecule has 3 fully saturated rings. The fraction of sp³-hybridized carbons (Fsp3) is 0.778. The maximum atomic E-state index is 12.5. The van der Waals surface area contributed by atoms with Gasteiger partial charge in [0, 0.05) is 6.54 Å². The number of fused-ring (bicyclic) bond motifs is 5. The molecule has 1 N–H and O–H groups in total. The molecule has 4 nitrogen and oxygen atoms in total. The number of amides is 2. The summed E-state index contributed by atoms with van der Waals surface area (Å²) in [6.07, 6.45) is 12.8. The first kappa shape index (κ1) is 15.6. The summed E-state index contributed by atoms with van der Waals surface area (Å²) < 4.78 is 0.